The van der Waals surface area contributed by atoms with Crippen LogP contribution in [0.15, 0.2) is 81.7 Å². The summed E-state index contributed by atoms with van der Waals surface area (Å²) in [5.41, 5.74) is 1.81. The summed E-state index contributed by atoms with van der Waals surface area (Å²) in [7, 11) is 0. The molecule has 0 saturated heterocycles. The molecule has 0 fully saturated rings. The number of benzene rings is 2. The summed E-state index contributed by atoms with van der Waals surface area (Å²) >= 11 is 1.17. The Morgan fingerprint density at radius 2 is 1.94 bits per heavy atom. The Kier molecular flexibility index (Phi) is 6.65. The number of allylic oxidation sites excluding steroid dienone is 2. The SMILES string of the molecule is CCOC(=O)C1=C(C)N=c2sc(=Cc3cccc([N+](=O)[O-])c3)c(=O)n2C1/C=C/c1ccccc1. The summed E-state index contributed by atoms with van der Waals surface area (Å²) in [4.78, 5) is 41.8. The van der Waals surface area contributed by atoms with Crippen LogP contribution in [0, 0.1) is 10.1 Å². The van der Waals surface area contributed by atoms with E-state index < -0.39 is 16.9 Å². The van der Waals surface area contributed by atoms with Crippen LogP contribution in [0.2, 0.25) is 0 Å². The number of esters is 1. The number of fused-ring (bicyclic) bond motifs is 1. The van der Waals surface area contributed by atoms with Crippen molar-refractivity contribution in [1.29, 1.82) is 0 Å². The van der Waals surface area contributed by atoms with E-state index in [9.17, 15) is 19.7 Å². The van der Waals surface area contributed by atoms with E-state index in [2.05, 4.69) is 4.99 Å². The highest BCUT2D eigenvalue weighted by atomic mass is 32.1. The van der Waals surface area contributed by atoms with Gasteiger partial charge in [-0.1, -0.05) is 66.0 Å². The molecule has 0 spiro atoms. The lowest BCUT2D eigenvalue weighted by atomic mass is 10.0. The molecule has 9 heteroatoms. The predicted molar refractivity (Wildman–Crippen MR) is 130 cm³/mol. The third kappa shape index (κ3) is 4.65. The quantitative estimate of drug-likeness (QED) is 0.309. The van der Waals surface area contributed by atoms with Gasteiger partial charge in [0.1, 0.15) is 0 Å². The van der Waals surface area contributed by atoms with Gasteiger partial charge >= 0.3 is 5.97 Å². The number of carbonyl (C=O) groups excluding carboxylic acids is 1. The molecule has 2 heterocycles. The Bertz CT molecular complexity index is 1500. The van der Waals surface area contributed by atoms with Gasteiger partial charge in [0.25, 0.3) is 11.2 Å². The zero-order valence-electron chi connectivity index (χ0n) is 18.5. The fraction of sp³-hybridized carbons (Fsp3) is 0.160. The van der Waals surface area contributed by atoms with Crippen LogP contribution < -0.4 is 14.9 Å². The lowest BCUT2D eigenvalue weighted by Crippen LogP contribution is -2.38. The molecule has 34 heavy (non-hydrogen) atoms. The first kappa shape index (κ1) is 23.1. The molecule has 8 nitrogen and oxygen atoms in total. The lowest BCUT2D eigenvalue weighted by molar-refractivity contribution is -0.384. The zero-order chi connectivity index (χ0) is 24.2. The third-order valence-corrected chi connectivity index (χ3v) is 6.19. The molecular weight excluding hydrogens is 454 g/mol. The van der Waals surface area contributed by atoms with Crippen LogP contribution in [0.3, 0.4) is 0 Å². The van der Waals surface area contributed by atoms with Gasteiger partial charge in [0.2, 0.25) is 0 Å². The highest BCUT2D eigenvalue weighted by molar-refractivity contribution is 7.07. The van der Waals surface area contributed by atoms with Crippen LogP contribution in [0.1, 0.15) is 31.0 Å². The van der Waals surface area contributed by atoms with Crippen molar-refractivity contribution in [2.45, 2.75) is 19.9 Å². The van der Waals surface area contributed by atoms with E-state index in [1.165, 1.54) is 28.0 Å². The molecule has 1 unspecified atom stereocenters. The minimum atomic E-state index is -0.706. The van der Waals surface area contributed by atoms with Crippen molar-refractivity contribution in [2.75, 3.05) is 6.61 Å². The zero-order valence-corrected chi connectivity index (χ0v) is 19.3. The van der Waals surface area contributed by atoms with Crippen molar-refractivity contribution >= 4 is 35.1 Å². The van der Waals surface area contributed by atoms with Gasteiger partial charge in [-0.05, 0) is 31.1 Å². The van der Waals surface area contributed by atoms with Crippen molar-refractivity contribution in [3.63, 3.8) is 0 Å². The van der Waals surface area contributed by atoms with Crippen molar-refractivity contribution < 1.29 is 14.5 Å². The molecule has 2 aromatic carbocycles. The van der Waals surface area contributed by atoms with Crippen LogP contribution in [-0.4, -0.2) is 22.1 Å². The minimum absolute atomic E-state index is 0.0642. The molecule has 4 rings (SSSR count). The van der Waals surface area contributed by atoms with Crippen molar-refractivity contribution in [1.82, 2.24) is 4.57 Å². The normalized spacial score (nSPS) is 15.8. The predicted octanol–water partition coefficient (Wildman–Crippen LogP) is 3.37. The van der Waals surface area contributed by atoms with E-state index in [1.807, 2.05) is 36.4 Å². The Hall–Kier alpha value is -4.11. The van der Waals surface area contributed by atoms with E-state index in [0.29, 0.717) is 26.2 Å². The molecule has 172 valence electrons. The van der Waals surface area contributed by atoms with Crippen molar-refractivity contribution in [3.8, 4) is 0 Å². The number of thiazole rings is 1. The van der Waals surface area contributed by atoms with Crippen molar-refractivity contribution in [3.05, 3.63) is 113 Å². The number of ether oxygens (including phenoxy) is 1. The molecule has 0 aliphatic carbocycles. The smallest absolute Gasteiger partial charge is 0.338 e. The second-order valence-corrected chi connectivity index (χ2v) is 8.48. The van der Waals surface area contributed by atoms with Crippen LogP contribution in [0.25, 0.3) is 12.2 Å². The average Bonchev–Trinajstić information content (AvgIpc) is 3.12. The molecule has 0 radical (unpaired) electrons. The summed E-state index contributed by atoms with van der Waals surface area (Å²) in [6.45, 7) is 3.63. The van der Waals surface area contributed by atoms with Gasteiger partial charge in [-0.15, -0.1) is 0 Å². The first-order valence-corrected chi connectivity index (χ1v) is 11.4. The number of aromatic nitrogens is 1. The lowest BCUT2D eigenvalue weighted by Gasteiger charge is -2.21. The fourth-order valence-corrected chi connectivity index (χ4v) is 4.72. The number of hydrogen-bond donors (Lipinski definition) is 0. The minimum Gasteiger partial charge on any atom is -0.463 e. The fourth-order valence-electron chi connectivity index (χ4n) is 3.66. The molecular formula is C25H21N3O5S. The average molecular weight is 476 g/mol. The summed E-state index contributed by atoms with van der Waals surface area (Å²) in [5, 5.41) is 11.1. The summed E-state index contributed by atoms with van der Waals surface area (Å²) in [6, 6.07) is 14.9. The molecule has 0 saturated carbocycles. The number of hydrogen-bond acceptors (Lipinski definition) is 7. The van der Waals surface area contributed by atoms with E-state index in [1.54, 1.807) is 38.1 Å². The topological polar surface area (TPSA) is 104 Å². The number of nitro benzene ring substituents is 1. The number of rotatable bonds is 6. The third-order valence-electron chi connectivity index (χ3n) is 5.21. The molecule has 1 aliphatic heterocycles. The van der Waals surface area contributed by atoms with Crippen LogP contribution in [-0.2, 0) is 9.53 Å². The van der Waals surface area contributed by atoms with Crippen LogP contribution in [0.4, 0.5) is 5.69 Å². The molecule has 1 atom stereocenters. The first-order valence-electron chi connectivity index (χ1n) is 10.6. The maximum Gasteiger partial charge on any atom is 0.338 e. The molecule has 1 aliphatic rings. The van der Waals surface area contributed by atoms with E-state index in [0.717, 1.165) is 5.56 Å². The summed E-state index contributed by atoms with van der Waals surface area (Å²) < 4.78 is 7.07. The second kappa shape index (κ2) is 9.80. The van der Waals surface area contributed by atoms with Crippen LogP contribution >= 0.6 is 11.3 Å². The highest BCUT2D eigenvalue weighted by Crippen LogP contribution is 2.26. The van der Waals surface area contributed by atoms with Crippen LogP contribution in [0.5, 0.6) is 0 Å². The van der Waals surface area contributed by atoms with Gasteiger partial charge in [-0.2, -0.15) is 0 Å². The Labute approximate surface area is 198 Å². The Balaban J connectivity index is 1.87. The standard InChI is InChI=1S/C25H21N3O5S/c1-3-33-24(30)22-16(2)26-25-27(20(22)13-12-17-8-5-4-6-9-17)23(29)21(34-25)15-18-10-7-11-19(14-18)28(31)32/h4-15,20H,3H2,1-2H3/b13-12+,21-15?. The highest BCUT2D eigenvalue weighted by Gasteiger charge is 2.30. The second-order valence-electron chi connectivity index (χ2n) is 7.47. The summed E-state index contributed by atoms with van der Waals surface area (Å²) in [6.07, 6.45) is 5.23. The molecule has 0 bridgehead atoms. The molecule has 0 amide bonds. The van der Waals surface area contributed by atoms with Gasteiger partial charge in [0.05, 0.1) is 33.4 Å². The largest absolute Gasteiger partial charge is 0.463 e. The van der Waals surface area contributed by atoms with Gasteiger partial charge in [0.15, 0.2) is 4.80 Å². The number of nitrogens with zero attached hydrogens (tertiary/aromatic N) is 3. The van der Waals surface area contributed by atoms with Gasteiger partial charge in [-0.3, -0.25) is 19.5 Å². The van der Waals surface area contributed by atoms with E-state index in [4.69, 9.17) is 4.74 Å². The van der Waals surface area contributed by atoms with E-state index in [-0.39, 0.29) is 17.9 Å². The van der Waals surface area contributed by atoms with Crippen molar-refractivity contribution in [2.24, 2.45) is 4.99 Å². The van der Waals surface area contributed by atoms with E-state index >= 15 is 0 Å². The maximum atomic E-state index is 13.4. The molecule has 1 aromatic heterocycles. The van der Waals surface area contributed by atoms with Gasteiger partial charge < -0.3 is 4.74 Å². The van der Waals surface area contributed by atoms with Gasteiger partial charge in [0, 0.05) is 12.1 Å². The first-order chi connectivity index (χ1) is 16.4. The van der Waals surface area contributed by atoms with Gasteiger partial charge in [-0.25, -0.2) is 9.79 Å². The summed E-state index contributed by atoms with van der Waals surface area (Å²) in [5.74, 6) is -0.528. The monoisotopic (exact) mass is 475 g/mol. The Morgan fingerprint density at radius 1 is 1.21 bits per heavy atom. The Morgan fingerprint density at radius 3 is 2.65 bits per heavy atom. The maximum absolute atomic E-state index is 13.4. The molecule has 0 N–H and O–H groups in total. The number of nitro groups is 1. The number of carbonyl (C=O) groups is 1. The molecule has 3 aromatic rings. The number of non-ortho nitro benzene ring substituents is 1.